The molecular weight excluding hydrogens is 297 g/mol. The number of imidazole rings is 1. The molecule has 0 amide bonds. The molecule has 2 nitrogen and oxygen atoms in total. The summed E-state index contributed by atoms with van der Waals surface area (Å²) in [6.45, 7) is 0.147. The summed E-state index contributed by atoms with van der Waals surface area (Å²) in [6.07, 6.45) is -1.94. The Morgan fingerprint density at radius 3 is 2.71 bits per heavy atom. The van der Waals surface area contributed by atoms with Gasteiger partial charge < -0.3 is 4.57 Å². The van der Waals surface area contributed by atoms with Gasteiger partial charge in [0.1, 0.15) is 0 Å². The molecule has 0 saturated heterocycles. The van der Waals surface area contributed by atoms with Crippen molar-refractivity contribution >= 4 is 15.9 Å². The number of nitrogens with zero attached hydrogens (tertiary/aromatic N) is 2. The molecule has 1 heterocycles. The molecule has 2 rings (SSSR count). The molecule has 0 atom stereocenters. The second-order valence-corrected chi connectivity index (χ2v) is 4.42. The minimum Gasteiger partial charge on any atom is -0.323 e. The van der Waals surface area contributed by atoms with Gasteiger partial charge in [0, 0.05) is 23.4 Å². The van der Waals surface area contributed by atoms with Crippen molar-refractivity contribution in [2.24, 2.45) is 0 Å². The Morgan fingerprint density at radius 2 is 2.06 bits per heavy atom. The number of hydrogen-bond acceptors (Lipinski definition) is 1. The minimum atomic E-state index is -4.42. The van der Waals surface area contributed by atoms with Crippen LogP contribution in [0.4, 0.5) is 13.2 Å². The number of alkyl halides is 3. The monoisotopic (exact) mass is 304 g/mol. The summed E-state index contributed by atoms with van der Waals surface area (Å²) in [5, 5.41) is 0. The van der Waals surface area contributed by atoms with Crippen molar-refractivity contribution in [1.29, 1.82) is 0 Å². The molecule has 0 aliphatic carbocycles. The number of rotatable bonds is 2. The first-order chi connectivity index (χ1) is 7.97. The standard InChI is InChI=1S/C11H8BrF3N2/c12-9-3-1-2-8(6-9)7-17-5-4-16-10(17)11(13,14)15/h1-6H,7H2. The maximum absolute atomic E-state index is 12.6. The predicted octanol–water partition coefficient (Wildman–Crippen LogP) is 3.71. The highest BCUT2D eigenvalue weighted by atomic mass is 79.9. The lowest BCUT2D eigenvalue weighted by Gasteiger charge is -2.10. The van der Waals surface area contributed by atoms with E-state index in [0.717, 1.165) is 20.8 Å². The van der Waals surface area contributed by atoms with Crippen LogP contribution in [0.3, 0.4) is 0 Å². The van der Waals surface area contributed by atoms with E-state index in [9.17, 15) is 13.2 Å². The van der Waals surface area contributed by atoms with E-state index in [0.29, 0.717) is 0 Å². The molecular formula is C11H8BrF3N2. The summed E-state index contributed by atoms with van der Waals surface area (Å²) >= 11 is 3.28. The van der Waals surface area contributed by atoms with Crippen LogP contribution in [-0.2, 0) is 12.7 Å². The summed E-state index contributed by atoms with van der Waals surface area (Å²) in [7, 11) is 0. The summed E-state index contributed by atoms with van der Waals surface area (Å²) in [4.78, 5) is 3.33. The number of hydrogen-bond donors (Lipinski definition) is 0. The molecule has 0 spiro atoms. The molecule has 6 heteroatoms. The van der Waals surface area contributed by atoms with E-state index in [2.05, 4.69) is 20.9 Å². The van der Waals surface area contributed by atoms with Gasteiger partial charge in [-0.25, -0.2) is 4.98 Å². The molecule has 2 aromatic rings. The van der Waals surface area contributed by atoms with Gasteiger partial charge in [-0.1, -0.05) is 28.1 Å². The summed E-state index contributed by atoms with van der Waals surface area (Å²) in [5.41, 5.74) is 0.780. The van der Waals surface area contributed by atoms with E-state index in [-0.39, 0.29) is 6.54 Å². The van der Waals surface area contributed by atoms with E-state index in [1.807, 2.05) is 6.07 Å². The van der Waals surface area contributed by atoms with Crippen molar-refractivity contribution in [2.75, 3.05) is 0 Å². The van der Waals surface area contributed by atoms with Crippen LogP contribution in [0, 0.1) is 0 Å². The van der Waals surface area contributed by atoms with Gasteiger partial charge in [-0.05, 0) is 17.7 Å². The zero-order chi connectivity index (χ0) is 12.5. The van der Waals surface area contributed by atoms with E-state index in [4.69, 9.17) is 0 Å². The Bertz CT molecular complexity index is 519. The molecule has 0 aliphatic rings. The Balaban J connectivity index is 2.28. The second-order valence-electron chi connectivity index (χ2n) is 3.51. The molecule has 0 radical (unpaired) electrons. The van der Waals surface area contributed by atoms with Gasteiger partial charge in [-0.3, -0.25) is 0 Å². The minimum absolute atomic E-state index is 0.147. The van der Waals surface area contributed by atoms with Crippen LogP contribution in [0.5, 0.6) is 0 Å². The molecule has 90 valence electrons. The van der Waals surface area contributed by atoms with Crippen LogP contribution >= 0.6 is 15.9 Å². The Morgan fingerprint density at radius 1 is 1.29 bits per heavy atom. The molecule has 0 fully saturated rings. The largest absolute Gasteiger partial charge is 0.449 e. The first-order valence-corrected chi connectivity index (χ1v) is 5.59. The summed E-state index contributed by atoms with van der Waals surface area (Å²) in [5.74, 6) is -0.877. The van der Waals surface area contributed by atoms with Crippen molar-refractivity contribution in [1.82, 2.24) is 9.55 Å². The summed E-state index contributed by atoms with van der Waals surface area (Å²) < 4.78 is 39.6. The van der Waals surface area contributed by atoms with Crippen LogP contribution in [0.1, 0.15) is 11.4 Å². The lowest BCUT2D eigenvalue weighted by atomic mass is 10.2. The van der Waals surface area contributed by atoms with E-state index < -0.39 is 12.0 Å². The topological polar surface area (TPSA) is 17.8 Å². The average molecular weight is 305 g/mol. The van der Waals surface area contributed by atoms with Crippen molar-refractivity contribution in [3.63, 3.8) is 0 Å². The lowest BCUT2D eigenvalue weighted by molar-refractivity contribution is -0.147. The SMILES string of the molecule is FC(F)(F)c1nccn1Cc1cccc(Br)c1. The second kappa shape index (κ2) is 4.52. The van der Waals surface area contributed by atoms with Gasteiger partial charge in [0.2, 0.25) is 5.82 Å². The predicted molar refractivity (Wildman–Crippen MR) is 60.5 cm³/mol. The maximum atomic E-state index is 12.6. The van der Waals surface area contributed by atoms with Crippen LogP contribution in [0.15, 0.2) is 41.1 Å². The highest BCUT2D eigenvalue weighted by Gasteiger charge is 2.35. The van der Waals surface area contributed by atoms with Gasteiger partial charge >= 0.3 is 6.18 Å². The molecule has 1 aromatic heterocycles. The molecule has 1 aromatic carbocycles. The fourth-order valence-corrected chi connectivity index (χ4v) is 1.97. The lowest BCUT2D eigenvalue weighted by Crippen LogP contribution is -2.15. The Labute approximate surface area is 104 Å². The zero-order valence-electron chi connectivity index (χ0n) is 8.58. The molecule has 17 heavy (non-hydrogen) atoms. The van der Waals surface area contributed by atoms with Gasteiger partial charge in [0.05, 0.1) is 0 Å². The van der Waals surface area contributed by atoms with Crippen LogP contribution in [-0.4, -0.2) is 9.55 Å². The van der Waals surface area contributed by atoms with Crippen LogP contribution in [0.2, 0.25) is 0 Å². The third-order valence-electron chi connectivity index (χ3n) is 2.21. The highest BCUT2D eigenvalue weighted by molar-refractivity contribution is 9.10. The van der Waals surface area contributed by atoms with E-state index in [1.54, 1.807) is 18.2 Å². The molecule has 0 bridgehead atoms. The van der Waals surface area contributed by atoms with Gasteiger partial charge in [0.15, 0.2) is 0 Å². The number of benzene rings is 1. The highest BCUT2D eigenvalue weighted by Crippen LogP contribution is 2.28. The molecule has 0 N–H and O–H groups in total. The molecule has 0 aliphatic heterocycles. The fraction of sp³-hybridized carbons (Fsp3) is 0.182. The zero-order valence-corrected chi connectivity index (χ0v) is 10.2. The van der Waals surface area contributed by atoms with Gasteiger partial charge in [-0.15, -0.1) is 0 Å². The Hall–Kier alpha value is -1.30. The number of halogens is 4. The smallest absolute Gasteiger partial charge is 0.323 e. The third kappa shape index (κ3) is 2.88. The van der Waals surface area contributed by atoms with E-state index in [1.165, 1.54) is 6.20 Å². The average Bonchev–Trinajstić information content (AvgIpc) is 2.65. The van der Waals surface area contributed by atoms with Crippen molar-refractivity contribution in [3.8, 4) is 0 Å². The first-order valence-electron chi connectivity index (χ1n) is 4.79. The summed E-state index contributed by atoms with van der Waals surface area (Å²) in [6, 6.07) is 7.15. The van der Waals surface area contributed by atoms with Gasteiger partial charge in [-0.2, -0.15) is 13.2 Å². The first kappa shape index (κ1) is 12.2. The van der Waals surface area contributed by atoms with Crippen molar-refractivity contribution < 1.29 is 13.2 Å². The van der Waals surface area contributed by atoms with Crippen LogP contribution in [0.25, 0.3) is 0 Å². The van der Waals surface area contributed by atoms with Crippen molar-refractivity contribution in [3.05, 3.63) is 52.5 Å². The fourth-order valence-electron chi connectivity index (χ4n) is 1.52. The van der Waals surface area contributed by atoms with Gasteiger partial charge in [0.25, 0.3) is 0 Å². The van der Waals surface area contributed by atoms with Crippen molar-refractivity contribution in [2.45, 2.75) is 12.7 Å². The quantitative estimate of drug-likeness (QED) is 0.827. The van der Waals surface area contributed by atoms with Crippen LogP contribution < -0.4 is 0 Å². The molecule has 0 unspecified atom stereocenters. The third-order valence-corrected chi connectivity index (χ3v) is 2.70. The number of aromatic nitrogens is 2. The normalized spacial score (nSPS) is 11.8. The molecule has 0 saturated carbocycles. The Kier molecular flexibility index (Phi) is 3.24. The maximum Gasteiger partial charge on any atom is 0.449 e. The van der Waals surface area contributed by atoms with E-state index >= 15 is 0 Å².